The summed E-state index contributed by atoms with van der Waals surface area (Å²) in [7, 11) is -5.78. The molecule has 0 fully saturated rings. The fourth-order valence-corrected chi connectivity index (χ4v) is 29.1. The summed E-state index contributed by atoms with van der Waals surface area (Å²) < 4.78 is 2.27. The Balaban J connectivity index is 0.000000181. The van der Waals surface area contributed by atoms with Crippen LogP contribution in [0.2, 0.25) is 10.0 Å². The predicted molar refractivity (Wildman–Crippen MR) is 573 cm³/mol. The Bertz CT molecular complexity index is 5860. The Kier molecular flexibility index (Phi) is 27.9. The van der Waals surface area contributed by atoms with Gasteiger partial charge in [-0.25, -0.2) is 0 Å². The molecule has 660 valence electrons. The normalized spacial score (nSPS) is 13.3. The van der Waals surface area contributed by atoms with Crippen LogP contribution in [0.15, 0.2) is 324 Å². The van der Waals surface area contributed by atoms with E-state index in [1.54, 1.807) is 0 Å². The summed E-state index contributed by atoms with van der Waals surface area (Å²) >= 11 is 22.6. The average Bonchev–Trinajstić information content (AvgIpc) is 0.686. The third-order valence-corrected chi connectivity index (χ3v) is 36.2. The summed E-state index contributed by atoms with van der Waals surface area (Å²) in [6.45, 7) is 59.1. The highest BCUT2D eigenvalue weighted by atomic mass is 79.9. The minimum atomic E-state index is -3.14. The Morgan fingerprint density at radius 3 is 0.820 bits per heavy atom. The van der Waals surface area contributed by atoms with Crippen molar-refractivity contribution >= 4 is 170 Å². The van der Waals surface area contributed by atoms with E-state index in [4.69, 9.17) is 23.2 Å². The van der Waals surface area contributed by atoms with Crippen LogP contribution in [0.5, 0.6) is 0 Å². The third-order valence-electron chi connectivity index (χ3n) is 25.1. The first-order valence-electron chi connectivity index (χ1n) is 45.3. The molecule has 14 aromatic carbocycles. The topological polar surface area (TPSA) is 30.5 Å². The van der Waals surface area contributed by atoms with Gasteiger partial charge in [-0.2, -0.15) is 0 Å². The van der Waals surface area contributed by atoms with Gasteiger partial charge < -0.3 is 20.4 Å². The van der Waals surface area contributed by atoms with Gasteiger partial charge >= 0.3 is 0 Å². The van der Waals surface area contributed by atoms with Crippen LogP contribution in [0.4, 0.5) is 56.9 Å². The van der Waals surface area contributed by atoms with E-state index in [0.717, 1.165) is 76.9 Å². The molecule has 0 unspecified atom stereocenters. The van der Waals surface area contributed by atoms with Gasteiger partial charge in [0.15, 0.2) is 16.1 Å². The van der Waals surface area contributed by atoms with E-state index < -0.39 is 16.1 Å². The fraction of sp³-hybridized carbons (Fsp3) is 0.288. The van der Waals surface area contributed by atoms with E-state index in [0.29, 0.717) is 10.0 Å². The molecule has 0 spiro atoms. The van der Waals surface area contributed by atoms with E-state index in [-0.39, 0.29) is 43.3 Å². The highest BCUT2D eigenvalue weighted by molar-refractivity contribution is 9.10. The largest absolute Gasteiger partial charge is 0.354 e. The van der Waals surface area contributed by atoms with Crippen LogP contribution in [0.1, 0.15) is 222 Å². The van der Waals surface area contributed by atoms with Gasteiger partial charge in [0, 0.05) is 43.1 Å². The van der Waals surface area contributed by atoms with Crippen molar-refractivity contribution in [1.29, 1.82) is 0 Å². The summed E-state index contributed by atoms with van der Waals surface area (Å²) in [5.41, 5.74) is 22.8. The van der Waals surface area contributed by atoms with Crippen molar-refractivity contribution < 1.29 is 0 Å². The van der Waals surface area contributed by atoms with Crippen LogP contribution in [0.25, 0.3) is 0 Å². The highest BCUT2D eigenvalue weighted by Gasteiger charge is 2.46. The standard InChI is InChI=1S/C59H65ClN2Si.C32H34Br2Si.C27H33ClN2/c1-40-32-53-55(60)54(33-40)62(46-30-26-42(27-31-46)57(5,6)7)48-35-44(59(11,12)13)37-52(39-48)63(49-20-16-14-17-21-49,50-22-18-15-19-23-50)51-36-43(58(8,9)10)34-47(38-51)61(53)45-28-24-41(25-29-45)56(2,3)4;1-31(2,3)23-17-25(33)21-29(19-23)35(27-13-9-7-10-14-27,28-15-11-8-12-16-28)30-20-24(32(4,5)6)18-26(34)22-30;1-18-16-23(29-21-12-8-19(9-13-21)26(2,3)4)25(28)24(17-18)30-22-14-10-20(11-15-22)27(5,6)7/h14-39H,1-13H3;7-22H,1-6H3;8-17,29-30H,1-7H3. The number of hydrogen-bond acceptors (Lipinski definition) is 4. The molecule has 6 bridgehead atoms. The predicted octanol–water partition coefficient (Wildman–Crippen LogP) is 30.4. The molecule has 14 aromatic rings. The monoisotopic (exact) mass is 1890 g/mol. The second-order valence-corrected chi connectivity index (χ2v) is 53.6. The van der Waals surface area contributed by atoms with Crippen molar-refractivity contribution in [2.24, 2.45) is 0 Å². The van der Waals surface area contributed by atoms with Crippen LogP contribution in [-0.2, 0) is 43.3 Å². The number of rotatable bonds is 12. The van der Waals surface area contributed by atoms with Crippen molar-refractivity contribution in [3.8, 4) is 0 Å². The van der Waals surface area contributed by atoms with Gasteiger partial charge in [-0.1, -0.05) is 415 Å². The highest BCUT2D eigenvalue weighted by Crippen LogP contribution is 2.50. The van der Waals surface area contributed by atoms with Gasteiger partial charge in [-0.15, -0.1) is 0 Å². The molecule has 1 aliphatic rings. The molecular formula is C118H132Br2Cl2N4Si2. The van der Waals surface area contributed by atoms with E-state index in [1.165, 1.54) is 86.0 Å². The summed E-state index contributed by atoms with van der Waals surface area (Å²) in [6, 6.07) is 118. The molecule has 4 nitrogen and oxygen atoms in total. The number of nitrogens with one attached hydrogen (secondary N) is 2. The van der Waals surface area contributed by atoms with Crippen LogP contribution < -0.4 is 61.9 Å². The van der Waals surface area contributed by atoms with Crippen LogP contribution in [-0.4, -0.2) is 16.1 Å². The molecule has 0 saturated heterocycles. The maximum absolute atomic E-state index is 8.06. The van der Waals surface area contributed by atoms with E-state index in [9.17, 15) is 0 Å². The number of fused-ring (bicyclic) bond motifs is 6. The third kappa shape index (κ3) is 21.1. The van der Waals surface area contributed by atoms with E-state index in [1.807, 2.05) is 0 Å². The summed E-state index contributed by atoms with van der Waals surface area (Å²) in [6.07, 6.45) is 0. The van der Waals surface area contributed by atoms with Gasteiger partial charge in [0.1, 0.15) is 0 Å². The zero-order chi connectivity index (χ0) is 92.8. The van der Waals surface area contributed by atoms with Gasteiger partial charge in [-0.3, -0.25) is 0 Å². The van der Waals surface area contributed by atoms with Crippen molar-refractivity contribution in [2.45, 2.75) is 223 Å². The van der Waals surface area contributed by atoms with Crippen molar-refractivity contribution in [3.63, 3.8) is 0 Å². The smallest absolute Gasteiger partial charge is 0.179 e. The van der Waals surface area contributed by atoms with Crippen molar-refractivity contribution in [3.05, 3.63) is 390 Å². The average molecular weight is 1890 g/mol. The number of aryl methyl sites for hydroxylation is 2. The molecule has 128 heavy (non-hydrogen) atoms. The molecule has 0 atom stereocenters. The summed E-state index contributed by atoms with van der Waals surface area (Å²) in [4.78, 5) is 4.85. The zero-order valence-electron chi connectivity index (χ0n) is 80.4. The first kappa shape index (κ1) is 95.8. The van der Waals surface area contributed by atoms with Gasteiger partial charge in [0.2, 0.25) is 0 Å². The van der Waals surface area contributed by atoms with Crippen LogP contribution in [0.3, 0.4) is 0 Å². The second kappa shape index (κ2) is 37.3. The van der Waals surface area contributed by atoms with Crippen molar-refractivity contribution in [1.82, 2.24) is 0 Å². The lowest BCUT2D eigenvalue weighted by Gasteiger charge is -2.40. The molecular weight excluding hydrogens is 1760 g/mol. The first-order valence-corrected chi connectivity index (χ1v) is 51.6. The molecule has 0 aliphatic carbocycles. The molecule has 0 saturated carbocycles. The summed E-state index contributed by atoms with van der Waals surface area (Å²) in [5.74, 6) is 0. The van der Waals surface area contributed by atoms with Crippen LogP contribution in [0, 0.1) is 13.8 Å². The zero-order valence-corrected chi connectivity index (χ0v) is 87.1. The molecule has 15 rings (SSSR count). The second-order valence-electron chi connectivity index (χ2n) is 43.4. The molecule has 2 N–H and O–H groups in total. The van der Waals surface area contributed by atoms with Crippen molar-refractivity contribution in [2.75, 3.05) is 20.4 Å². The lowest BCUT2D eigenvalue weighted by molar-refractivity contribution is 0.590. The molecule has 1 aliphatic heterocycles. The number of hydrogen-bond donors (Lipinski definition) is 2. The Hall–Kier alpha value is -9.75. The number of halogens is 4. The lowest BCUT2D eigenvalue weighted by atomic mass is 9.86. The van der Waals surface area contributed by atoms with Gasteiger partial charge in [-0.05, 0) is 276 Å². The number of nitrogens with zero attached hydrogens (tertiary/aromatic N) is 2. The number of benzene rings is 14. The van der Waals surface area contributed by atoms with E-state index in [2.05, 4.69) is 548 Å². The molecule has 1 heterocycles. The number of anilines is 10. The van der Waals surface area contributed by atoms with E-state index >= 15 is 0 Å². The van der Waals surface area contributed by atoms with Gasteiger partial charge in [0.05, 0.1) is 32.8 Å². The summed E-state index contributed by atoms with van der Waals surface area (Å²) in [5, 5.41) is 19.3. The maximum atomic E-state index is 8.06. The van der Waals surface area contributed by atoms with Crippen LogP contribution >= 0.6 is 55.1 Å². The Morgan fingerprint density at radius 1 is 0.250 bits per heavy atom. The lowest BCUT2D eigenvalue weighted by Crippen LogP contribution is -2.75. The molecule has 10 heteroatoms. The fourth-order valence-electron chi connectivity index (χ4n) is 17.5. The minimum Gasteiger partial charge on any atom is -0.354 e. The molecule has 0 aromatic heterocycles. The SMILES string of the molecule is CC(C)(C)c1cc(Br)cc([Si](c2ccccc2)(c2ccccc2)c2cc(Br)cc(C(C)(C)C)c2)c1.Cc1cc(Nc2ccc(C(C)(C)C)cc2)c(Cl)c(Nc2ccc(C(C)(C)C)cc2)c1.Cc1cc2c(Cl)c(c1)N(c1ccc(C(C)(C)C)cc1)c1cc(C(C)(C)C)cc(c1)[Si](c1ccccc1)(c1ccccc1)c1cc(cc(C(C)(C)C)c1)N2c1ccc(C(C)(C)C)cc1. The minimum absolute atomic E-state index is 0.00605. The maximum Gasteiger partial charge on any atom is 0.179 e. The Morgan fingerprint density at radius 2 is 0.523 bits per heavy atom. The van der Waals surface area contributed by atoms with Gasteiger partial charge in [0.25, 0.3) is 0 Å². The quantitative estimate of drug-likeness (QED) is 0.0943. The molecule has 0 amide bonds. The first-order chi connectivity index (χ1) is 59.9. The molecule has 0 radical (unpaired) electrons. The Labute approximate surface area is 796 Å².